The largest absolute Gasteiger partial charge is 0.412 e. The molecule has 0 saturated carbocycles. The first kappa shape index (κ1) is 30.8. The van der Waals surface area contributed by atoms with Gasteiger partial charge < -0.3 is 15.3 Å². The van der Waals surface area contributed by atoms with Crippen LogP contribution in [0.4, 0.5) is 0 Å². The van der Waals surface area contributed by atoms with Crippen molar-refractivity contribution in [2.75, 3.05) is 41.3 Å². The zero-order chi connectivity index (χ0) is 19.5. The van der Waals surface area contributed by atoms with Gasteiger partial charge in [0.15, 0.2) is 0 Å². The maximum Gasteiger partial charge on any atom is 0.00100 e. The quantitative estimate of drug-likeness (QED) is 0.469. The Morgan fingerprint density at radius 1 is 0.767 bits per heavy atom. The summed E-state index contributed by atoms with van der Waals surface area (Å²) in [5.41, 5.74) is 5.86. The molecule has 0 atom stereocenters. The first-order valence-electron chi connectivity index (χ1n) is 10.2. The van der Waals surface area contributed by atoms with E-state index >= 15 is 0 Å². The number of hydrogen-bond donors (Lipinski definition) is 0. The maximum absolute atomic E-state index is 2.47. The summed E-state index contributed by atoms with van der Waals surface area (Å²) in [5, 5.41) is 0. The lowest BCUT2D eigenvalue weighted by atomic mass is 9.92. The van der Waals surface area contributed by atoms with Crippen molar-refractivity contribution < 1.29 is 5.48 Å². The van der Waals surface area contributed by atoms with Gasteiger partial charge in [0.2, 0.25) is 0 Å². The summed E-state index contributed by atoms with van der Waals surface area (Å²) in [4.78, 5) is 4.54. The van der Waals surface area contributed by atoms with E-state index in [4.69, 9.17) is 0 Å². The standard InChI is InChI=1S/C25H36N2.2ClH.H2O/c1-26(2)20-10-15-23(16-11-21-27(3)4)25-17-9-8-14-24(25)19-18-22-12-6-5-7-13-22;;;/h5-9,12-15,17H,10-11,16,18-21H2,1-4H3;2*1H;1H2/b23-15-;;;. The van der Waals surface area contributed by atoms with Gasteiger partial charge in [-0.1, -0.05) is 60.7 Å². The molecule has 2 aromatic carbocycles. The number of nitrogens with zero attached hydrogens (tertiary/aromatic N) is 2. The van der Waals surface area contributed by atoms with Crippen LogP contribution in [0.15, 0.2) is 60.7 Å². The minimum atomic E-state index is 0. The number of allylic oxidation sites excluding steroid dienone is 1. The topological polar surface area (TPSA) is 38.0 Å². The molecule has 0 heterocycles. The number of hydrogen-bond acceptors (Lipinski definition) is 2. The lowest BCUT2D eigenvalue weighted by Gasteiger charge is -2.16. The Morgan fingerprint density at radius 3 is 2.00 bits per heavy atom. The normalized spacial score (nSPS) is 10.9. The van der Waals surface area contributed by atoms with Crippen LogP contribution < -0.4 is 0 Å². The molecule has 2 N–H and O–H groups in total. The molecule has 0 saturated heterocycles. The van der Waals surface area contributed by atoms with E-state index in [9.17, 15) is 0 Å². The molecule has 3 nitrogen and oxygen atoms in total. The second-order valence-corrected chi connectivity index (χ2v) is 7.87. The fourth-order valence-corrected chi connectivity index (χ4v) is 3.40. The van der Waals surface area contributed by atoms with Gasteiger partial charge in [0.25, 0.3) is 0 Å². The van der Waals surface area contributed by atoms with E-state index in [1.165, 1.54) is 28.7 Å². The summed E-state index contributed by atoms with van der Waals surface area (Å²) >= 11 is 0. The van der Waals surface area contributed by atoms with Gasteiger partial charge in [-0.25, -0.2) is 0 Å². The Kier molecular flexibility index (Phi) is 17.8. The van der Waals surface area contributed by atoms with Crippen molar-refractivity contribution in [2.45, 2.75) is 32.1 Å². The zero-order valence-electron chi connectivity index (χ0n) is 18.9. The van der Waals surface area contributed by atoms with Crippen LogP contribution in [-0.4, -0.2) is 56.6 Å². The van der Waals surface area contributed by atoms with Crippen LogP contribution in [0.25, 0.3) is 5.57 Å². The van der Waals surface area contributed by atoms with E-state index in [2.05, 4.69) is 98.7 Å². The molecule has 5 heteroatoms. The average molecular weight is 456 g/mol. The van der Waals surface area contributed by atoms with E-state index < -0.39 is 0 Å². The predicted molar refractivity (Wildman–Crippen MR) is 137 cm³/mol. The van der Waals surface area contributed by atoms with Gasteiger partial charge in [-0.3, -0.25) is 0 Å². The summed E-state index contributed by atoms with van der Waals surface area (Å²) in [6.07, 6.45) is 8.12. The summed E-state index contributed by atoms with van der Waals surface area (Å²) in [6.45, 7) is 2.24. The van der Waals surface area contributed by atoms with E-state index in [0.717, 1.165) is 38.8 Å². The Balaban J connectivity index is 0. The molecule has 0 spiro atoms. The third kappa shape index (κ3) is 11.7. The average Bonchev–Trinajstić information content (AvgIpc) is 2.66. The fraction of sp³-hybridized carbons (Fsp3) is 0.440. The van der Waals surface area contributed by atoms with Gasteiger partial charge in [0.1, 0.15) is 0 Å². The highest BCUT2D eigenvalue weighted by Gasteiger charge is 2.08. The third-order valence-electron chi connectivity index (χ3n) is 4.91. The molecular formula is C25H40Cl2N2O. The number of rotatable bonds is 11. The van der Waals surface area contributed by atoms with E-state index in [0.29, 0.717) is 0 Å². The van der Waals surface area contributed by atoms with Crippen LogP contribution in [0, 0.1) is 0 Å². The molecular weight excluding hydrogens is 415 g/mol. The SMILES string of the molecule is CN(C)CC/C=C(/CCCN(C)C)c1ccccc1CCc1ccccc1.Cl.Cl.O. The van der Waals surface area contributed by atoms with Gasteiger partial charge in [-0.2, -0.15) is 0 Å². The summed E-state index contributed by atoms with van der Waals surface area (Å²) in [7, 11) is 8.60. The molecule has 0 aliphatic heterocycles. The van der Waals surface area contributed by atoms with Crippen LogP contribution in [0.1, 0.15) is 36.0 Å². The van der Waals surface area contributed by atoms with E-state index in [-0.39, 0.29) is 30.3 Å². The highest BCUT2D eigenvalue weighted by atomic mass is 35.5. The van der Waals surface area contributed by atoms with Crippen LogP contribution >= 0.6 is 24.8 Å². The minimum absolute atomic E-state index is 0. The van der Waals surface area contributed by atoms with Crippen LogP contribution in [0.5, 0.6) is 0 Å². The monoisotopic (exact) mass is 454 g/mol. The second-order valence-electron chi connectivity index (χ2n) is 7.87. The van der Waals surface area contributed by atoms with Gasteiger partial charge in [0, 0.05) is 6.54 Å². The number of benzene rings is 2. The van der Waals surface area contributed by atoms with Crippen molar-refractivity contribution in [3.8, 4) is 0 Å². The van der Waals surface area contributed by atoms with Crippen molar-refractivity contribution in [3.63, 3.8) is 0 Å². The molecule has 0 aliphatic rings. The van der Waals surface area contributed by atoms with Crippen LogP contribution in [0.2, 0.25) is 0 Å². The Hall–Kier alpha value is -1.36. The lowest BCUT2D eigenvalue weighted by Crippen LogP contribution is -2.13. The smallest absolute Gasteiger partial charge is 0.00100 e. The molecule has 0 unspecified atom stereocenters. The van der Waals surface area contributed by atoms with Crippen LogP contribution in [0.3, 0.4) is 0 Å². The Morgan fingerprint density at radius 2 is 1.37 bits per heavy atom. The molecule has 2 rings (SSSR count). The van der Waals surface area contributed by atoms with Gasteiger partial charge in [0.05, 0.1) is 0 Å². The lowest BCUT2D eigenvalue weighted by molar-refractivity contribution is 0.402. The van der Waals surface area contributed by atoms with Gasteiger partial charge in [-0.05, 0) is 89.1 Å². The van der Waals surface area contributed by atoms with Crippen molar-refractivity contribution in [3.05, 3.63) is 77.4 Å². The van der Waals surface area contributed by atoms with Crippen molar-refractivity contribution in [1.29, 1.82) is 0 Å². The summed E-state index contributed by atoms with van der Waals surface area (Å²) < 4.78 is 0. The van der Waals surface area contributed by atoms with Gasteiger partial charge >= 0.3 is 0 Å². The molecule has 0 aromatic heterocycles. The maximum atomic E-state index is 2.47. The molecule has 170 valence electrons. The van der Waals surface area contributed by atoms with Crippen molar-refractivity contribution in [1.82, 2.24) is 9.80 Å². The highest BCUT2D eigenvalue weighted by Crippen LogP contribution is 2.25. The first-order chi connectivity index (χ1) is 13.1. The van der Waals surface area contributed by atoms with E-state index in [1.54, 1.807) is 0 Å². The molecule has 0 bridgehead atoms. The second kappa shape index (κ2) is 17.3. The van der Waals surface area contributed by atoms with Crippen LogP contribution in [-0.2, 0) is 12.8 Å². The third-order valence-corrected chi connectivity index (χ3v) is 4.91. The first-order valence-corrected chi connectivity index (χ1v) is 10.2. The minimum Gasteiger partial charge on any atom is -0.412 e. The number of halogens is 2. The summed E-state index contributed by atoms with van der Waals surface area (Å²) in [5.74, 6) is 0. The zero-order valence-corrected chi connectivity index (χ0v) is 20.6. The molecule has 0 fully saturated rings. The molecule has 0 aliphatic carbocycles. The molecule has 30 heavy (non-hydrogen) atoms. The summed E-state index contributed by atoms with van der Waals surface area (Å²) in [6, 6.07) is 19.8. The predicted octanol–water partition coefficient (Wildman–Crippen LogP) is 5.17. The molecule has 0 amide bonds. The Labute approximate surface area is 196 Å². The highest BCUT2D eigenvalue weighted by molar-refractivity contribution is 5.85. The van der Waals surface area contributed by atoms with Crippen molar-refractivity contribution >= 4 is 30.4 Å². The van der Waals surface area contributed by atoms with E-state index in [1.807, 2.05) is 0 Å². The molecule has 0 radical (unpaired) electrons. The molecule has 2 aromatic rings. The Bertz CT molecular complexity index is 703. The fourth-order valence-electron chi connectivity index (χ4n) is 3.40. The van der Waals surface area contributed by atoms with Crippen molar-refractivity contribution in [2.24, 2.45) is 0 Å². The number of aryl methyl sites for hydroxylation is 2. The van der Waals surface area contributed by atoms with Gasteiger partial charge in [-0.15, -0.1) is 24.8 Å².